The van der Waals surface area contributed by atoms with Gasteiger partial charge in [-0.3, -0.25) is 4.79 Å². The number of rotatable bonds is 2. The molecule has 0 bridgehead atoms. The number of benzene rings is 1. The van der Waals surface area contributed by atoms with E-state index in [9.17, 15) is 4.79 Å². The molecule has 1 aromatic carbocycles. The van der Waals surface area contributed by atoms with Gasteiger partial charge in [0, 0.05) is 5.56 Å². The molecule has 90 valence electrons. The van der Waals surface area contributed by atoms with Gasteiger partial charge in [0.2, 0.25) is 0 Å². The van der Waals surface area contributed by atoms with Crippen LogP contribution in [-0.2, 0) is 0 Å². The van der Waals surface area contributed by atoms with Gasteiger partial charge in [-0.1, -0.05) is 39.0 Å². The fraction of sp³-hybridized carbons (Fsp3) is 0.417. The van der Waals surface area contributed by atoms with Gasteiger partial charge in [0.05, 0.1) is 6.17 Å². The summed E-state index contributed by atoms with van der Waals surface area (Å²) in [7, 11) is 0. The zero-order chi connectivity index (χ0) is 11.5. The Morgan fingerprint density at radius 1 is 1.25 bits per heavy atom. The van der Waals surface area contributed by atoms with Crippen molar-refractivity contribution in [1.82, 2.24) is 5.32 Å². The van der Waals surface area contributed by atoms with E-state index in [0.717, 1.165) is 0 Å². The number of hydrogen-bond donors (Lipinski definition) is 2. The van der Waals surface area contributed by atoms with Crippen molar-refractivity contribution in [3.8, 4) is 0 Å². The third-order valence-corrected chi connectivity index (χ3v) is 2.26. The van der Waals surface area contributed by atoms with Gasteiger partial charge in [-0.05, 0) is 17.5 Å². The van der Waals surface area contributed by atoms with Gasteiger partial charge in [0.15, 0.2) is 0 Å². The Bertz CT molecular complexity index is 333. The number of carbonyl (C=O) groups is 1. The maximum atomic E-state index is 11.7. The maximum absolute atomic E-state index is 11.7. The fourth-order valence-corrected chi connectivity index (χ4v) is 1.03. The average molecular weight is 243 g/mol. The summed E-state index contributed by atoms with van der Waals surface area (Å²) in [5, 5.41) is 2.77. The zero-order valence-electron chi connectivity index (χ0n) is 9.86. The van der Waals surface area contributed by atoms with Crippen molar-refractivity contribution in [3.05, 3.63) is 35.9 Å². The number of amides is 1. The zero-order valence-corrected chi connectivity index (χ0v) is 10.7. The molecule has 16 heavy (non-hydrogen) atoms. The average Bonchev–Trinajstić information content (AvgIpc) is 2.17. The molecule has 1 atom stereocenters. The van der Waals surface area contributed by atoms with E-state index >= 15 is 0 Å². The standard InChI is InChI=1S/C12H18N2O.ClH/c1-12(2,3)11(13)14-10(15)9-7-5-4-6-8-9;/h4-8,11H,13H2,1-3H3,(H,14,15);1H. The first-order chi connectivity index (χ1) is 6.91. The highest BCUT2D eigenvalue weighted by Crippen LogP contribution is 2.15. The minimum Gasteiger partial charge on any atom is -0.336 e. The Kier molecular flexibility index (Phi) is 5.48. The third-order valence-electron chi connectivity index (χ3n) is 2.26. The molecule has 0 aromatic heterocycles. The minimum atomic E-state index is -0.342. The Morgan fingerprint density at radius 3 is 2.19 bits per heavy atom. The first kappa shape index (κ1) is 14.9. The lowest BCUT2D eigenvalue weighted by molar-refractivity contribution is 0.0905. The van der Waals surface area contributed by atoms with Crippen LogP contribution in [0.1, 0.15) is 31.1 Å². The highest BCUT2D eigenvalue weighted by Gasteiger charge is 2.22. The molecule has 1 rings (SSSR count). The first-order valence-electron chi connectivity index (χ1n) is 5.03. The van der Waals surface area contributed by atoms with Crippen molar-refractivity contribution < 1.29 is 4.79 Å². The van der Waals surface area contributed by atoms with E-state index in [-0.39, 0.29) is 29.9 Å². The monoisotopic (exact) mass is 242 g/mol. The van der Waals surface area contributed by atoms with E-state index in [1.807, 2.05) is 39.0 Å². The molecule has 0 aliphatic carbocycles. The molecule has 0 saturated carbocycles. The molecule has 1 unspecified atom stereocenters. The second kappa shape index (κ2) is 5.87. The summed E-state index contributed by atoms with van der Waals surface area (Å²) in [6.07, 6.45) is -0.342. The molecule has 0 aliphatic rings. The molecule has 3 nitrogen and oxygen atoms in total. The van der Waals surface area contributed by atoms with Crippen LogP contribution in [0.3, 0.4) is 0 Å². The summed E-state index contributed by atoms with van der Waals surface area (Å²) in [4.78, 5) is 11.7. The van der Waals surface area contributed by atoms with Crippen LogP contribution < -0.4 is 11.1 Å². The molecule has 0 fully saturated rings. The largest absolute Gasteiger partial charge is 0.336 e. The van der Waals surface area contributed by atoms with E-state index in [1.165, 1.54) is 0 Å². The molecule has 4 heteroatoms. The Hall–Kier alpha value is -1.06. The predicted molar refractivity (Wildman–Crippen MR) is 68.6 cm³/mol. The van der Waals surface area contributed by atoms with Crippen LogP contribution in [-0.4, -0.2) is 12.1 Å². The van der Waals surface area contributed by atoms with Gasteiger partial charge >= 0.3 is 0 Å². The normalized spacial score (nSPS) is 12.5. The van der Waals surface area contributed by atoms with Crippen LogP contribution in [0, 0.1) is 5.41 Å². The van der Waals surface area contributed by atoms with E-state index < -0.39 is 0 Å². The number of nitrogens with one attached hydrogen (secondary N) is 1. The van der Waals surface area contributed by atoms with Gasteiger partial charge in [-0.15, -0.1) is 12.4 Å². The highest BCUT2D eigenvalue weighted by atomic mass is 35.5. The molecule has 1 aromatic rings. The summed E-state index contributed by atoms with van der Waals surface area (Å²) >= 11 is 0. The topological polar surface area (TPSA) is 55.1 Å². The van der Waals surface area contributed by atoms with Gasteiger partial charge < -0.3 is 11.1 Å². The smallest absolute Gasteiger partial charge is 0.252 e. The lowest BCUT2D eigenvalue weighted by Gasteiger charge is -2.27. The van der Waals surface area contributed by atoms with Crippen molar-refractivity contribution in [2.75, 3.05) is 0 Å². The van der Waals surface area contributed by atoms with Crippen LogP contribution in [0.25, 0.3) is 0 Å². The number of halogens is 1. The first-order valence-corrected chi connectivity index (χ1v) is 5.03. The molecule has 1 amide bonds. The van der Waals surface area contributed by atoms with Gasteiger partial charge in [-0.2, -0.15) is 0 Å². The van der Waals surface area contributed by atoms with Crippen molar-refractivity contribution in [2.45, 2.75) is 26.9 Å². The van der Waals surface area contributed by atoms with E-state index in [0.29, 0.717) is 5.56 Å². The van der Waals surface area contributed by atoms with Gasteiger partial charge in [0.25, 0.3) is 5.91 Å². The second-order valence-electron chi connectivity index (χ2n) is 4.68. The number of nitrogens with two attached hydrogens (primary N) is 1. The maximum Gasteiger partial charge on any atom is 0.252 e. The van der Waals surface area contributed by atoms with Crippen molar-refractivity contribution >= 4 is 18.3 Å². The SMILES string of the molecule is CC(C)(C)C(N)NC(=O)c1ccccc1.Cl. The Labute approximate surface area is 103 Å². The van der Waals surface area contributed by atoms with E-state index in [2.05, 4.69) is 5.32 Å². The van der Waals surface area contributed by atoms with Crippen molar-refractivity contribution in [2.24, 2.45) is 11.1 Å². The molecule has 0 spiro atoms. The molecular weight excluding hydrogens is 224 g/mol. The predicted octanol–water partition coefficient (Wildman–Crippen LogP) is 2.17. The molecule has 3 N–H and O–H groups in total. The van der Waals surface area contributed by atoms with Crippen LogP contribution in [0.15, 0.2) is 30.3 Å². The Balaban J connectivity index is 0.00000225. The number of hydrogen-bond acceptors (Lipinski definition) is 2. The minimum absolute atomic E-state index is 0. The summed E-state index contributed by atoms with van der Waals surface area (Å²) < 4.78 is 0. The van der Waals surface area contributed by atoms with Crippen molar-refractivity contribution in [3.63, 3.8) is 0 Å². The van der Waals surface area contributed by atoms with Gasteiger partial charge in [0.1, 0.15) is 0 Å². The lowest BCUT2D eigenvalue weighted by atomic mass is 9.92. The van der Waals surface area contributed by atoms with Gasteiger partial charge in [-0.25, -0.2) is 0 Å². The summed E-state index contributed by atoms with van der Waals surface area (Å²) in [5.74, 6) is -0.127. The van der Waals surface area contributed by atoms with Crippen LogP contribution >= 0.6 is 12.4 Å². The van der Waals surface area contributed by atoms with Crippen LogP contribution in [0.5, 0.6) is 0 Å². The van der Waals surface area contributed by atoms with Crippen LogP contribution in [0.4, 0.5) is 0 Å². The fourth-order valence-electron chi connectivity index (χ4n) is 1.03. The summed E-state index contributed by atoms with van der Waals surface area (Å²) in [5.41, 5.74) is 6.36. The molecule has 0 heterocycles. The molecule has 0 saturated heterocycles. The summed E-state index contributed by atoms with van der Waals surface area (Å²) in [6.45, 7) is 5.97. The lowest BCUT2D eigenvalue weighted by Crippen LogP contribution is -2.50. The summed E-state index contributed by atoms with van der Waals surface area (Å²) in [6, 6.07) is 9.07. The third kappa shape index (κ3) is 4.21. The molecule has 0 radical (unpaired) electrons. The van der Waals surface area contributed by atoms with E-state index in [4.69, 9.17) is 5.73 Å². The van der Waals surface area contributed by atoms with Crippen LogP contribution in [0.2, 0.25) is 0 Å². The Morgan fingerprint density at radius 2 is 1.75 bits per heavy atom. The van der Waals surface area contributed by atoms with Crippen molar-refractivity contribution in [1.29, 1.82) is 0 Å². The quantitative estimate of drug-likeness (QED) is 0.781. The molecule has 0 aliphatic heterocycles. The highest BCUT2D eigenvalue weighted by molar-refractivity contribution is 5.94. The number of carbonyl (C=O) groups excluding carboxylic acids is 1. The second-order valence-corrected chi connectivity index (χ2v) is 4.68. The molecular formula is C12H19ClN2O. The van der Waals surface area contributed by atoms with E-state index in [1.54, 1.807) is 12.1 Å².